The van der Waals surface area contributed by atoms with Crippen molar-refractivity contribution in [3.63, 3.8) is 0 Å². The Kier molecular flexibility index (Phi) is 3.18. The molecular weight excluding hydrogens is 246 g/mol. The Labute approximate surface area is 119 Å². The summed E-state index contributed by atoms with van der Waals surface area (Å²) in [6, 6.07) is 12.4. The van der Waals surface area contributed by atoms with Crippen molar-refractivity contribution < 1.29 is 0 Å². The highest BCUT2D eigenvalue weighted by molar-refractivity contribution is 5.77. The number of aromatic nitrogens is 2. The molecule has 1 heterocycles. The number of aryl methyl sites for hydroxylation is 4. The monoisotopic (exact) mass is 265 g/mol. The molecule has 0 atom stereocenters. The Morgan fingerprint density at radius 1 is 1.10 bits per heavy atom. The Morgan fingerprint density at radius 3 is 2.65 bits per heavy atom. The second-order valence-electron chi connectivity index (χ2n) is 5.31. The molecule has 0 unspecified atom stereocenters. The minimum absolute atomic E-state index is 0.865. The van der Waals surface area contributed by atoms with Gasteiger partial charge in [0.15, 0.2) is 0 Å². The van der Waals surface area contributed by atoms with Gasteiger partial charge in [-0.25, -0.2) is 4.98 Å². The molecule has 20 heavy (non-hydrogen) atoms. The lowest BCUT2D eigenvalue weighted by Crippen LogP contribution is -2.02. The molecule has 0 bridgehead atoms. The lowest BCUT2D eigenvalue weighted by atomic mass is 10.1. The van der Waals surface area contributed by atoms with Crippen LogP contribution in [0.4, 0.5) is 5.69 Å². The first kappa shape index (κ1) is 12.7. The van der Waals surface area contributed by atoms with Gasteiger partial charge in [-0.1, -0.05) is 18.2 Å². The SMILES string of the molecule is Cc1cc2ncn(CCc3ccccc3N)c2cc1C. The van der Waals surface area contributed by atoms with E-state index in [1.54, 1.807) is 0 Å². The van der Waals surface area contributed by atoms with E-state index in [-0.39, 0.29) is 0 Å². The summed E-state index contributed by atoms with van der Waals surface area (Å²) in [5, 5.41) is 0. The molecule has 0 fully saturated rings. The van der Waals surface area contributed by atoms with Crippen LogP contribution < -0.4 is 5.73 Å². The van der Waals surface area contributed by atoms with Gasteiger partial charge in [0.1, 0.15) is 0 Å². The Morgan fingerprint density at radius 2 is 1.85 bits per heavy atom. The molecule has 3 nitrogen and oxygen atoms in total. The third-order valence-corrected chi connectivity index (χ3v) is 3.91. The van der Waals surface area contributed by atoms with Gasteiger partial charge in [0.05, 0.1) is 17.4 Å². The summed E-state index contributed by atoms with van der Waals surface area (Å²) in [7, 11) is 0. The van der Waals surface area contributed by atoms with E-state index in [1.165, 1.54) is 22.2 Å². The maximum absolute atomic E-state index is 5.99. The number of hydrogen-bond donors (Lipinski definition) is 1. The molecule has 0 saturated carbocycles. The fourth-order valence-electron chi connectivity index (χ4n) is 2.49. The van der Waals surface area contributed by atoms with Gasteiger partial charge < -0.3 is 10.3 Å². The van der Waals surface area contributed by atoms with Gasteiger partial charge >= 0.3 is 0 Å². The van der Waals surface area contributed by atoms with Crippen LogP contribution in [0, 0.1) is 13.8 Å². The summed E-state index contributed by atoms with van der Waals surface area (Å²) in [5.74, 6) is 0. The lowest BCUT2D eigenvalue weighted by Gasteiger charge is -2.08. The average Bonchev–Trinajstić information content (AvgIpc) is 2.81. The van der Waals surface area contributed by atoms with Crippen LogP contribution in [-0.2, 0) is 13.0 Å². The summed E-state index contributed by atoms with van der Waals surface area (Å²) in [5.41, 5.74) is 12.9. The van der Waals surface area contributed by atoms with Crippen molar-refractivity contribution in [2.45, 2.75) is 26.8 Å². The molecule has 3 rings (SSSR count). The summed E-state index contributed by atoms with van der Waals surface area (Å²) in [6.07, 6.45) is 2.84. The topological polar surface area (TPSA) is 43.8 Å². The van der Waals surface area contributed by atoms with E-state index in [9.17, 15) is 0 Å². The molecule has 0 spiro atoms. The van der Waals surface area contributed by atoms with Gasteiger partial charge in [0, 0.05) is 12.2 Å². The van der Waals surface area contributed by atoms with Gasteiger partial charge in [-0.2, -0.15) is 0 Å². The second kappa shape index (κ2) is 5.00. The molecule has 3 aromatic rings. The fraction of sp³-hybridized carbons (Fsp3) is 0.235. The number of benzene rings is 2. The quantitative estimate of drug-likeness (QED) is 0.737. The molecule has 0 aliphatic heterocycles. The van der Waals surface area contributed by atoms with E-state index in [2.05, 4.69) is 41.6 Å². The predicted octanol–water partition coefficient (Wildman–Crippen LogP) is 3.48. The third kappa shape index (κ3) is 2.27. The Balaban J connectivity index is 1.88. The second-order valence-corrected chi connectivity index (χ2v) is 5.31. The zero-order chi connectivity index (χ0) is 14.1. The molecule has 2 N–H and O–H groups in total. The molecule has 3 heteroatoms. The molecular formula is C17H19N3. The number of nitrogens with two attached hydrogens (primary N) is 1. The van der Waals surface area contributed by atoms with Crippen LogP contribution >= 0.6 is 0 Å². The summed E-state index contributed by atoms with van der Waals surface area (Å²) < 4.78 is 2.20. The van der Waals surface area contributed by atoms with Gasteiger partial charge in [0.2, 0.25) is 0 Å². The van der Waals surface area contributed by atoms with Gasteiger partial charge in [0.25, 0.3) is 0 Å². The molecule has 1 aromatic heterocycles. The number of anilines is 1. The Bertz CT molecular complexity index is 756. The van der Waals surface area contributed by atoms with Gasteiger partial charge in [-0.15, -0.1) is 0 Å². The molecule has 0 amide bonds. The summed E-state index contributed by atoms with van der Waals surface area (Å²) in [6.45, 7) is 5.16. The first-order valence-electron chi connectivity index (χ1n) is 6.90. The number of nitrogen functional groups attached to an aromatic ring is 1. The van der Waals surface area contributed by atoms with Crippen molar-refractivity contribution in [1.29, 1.82) is 0 Å². The molecule has 0 aliphatic rings. The van der Waals surface area contributed by atoms with Crippen molar-refractivity contribution in [3.05, 3.63) is 59.4 Å². The van der Waals surface area contributed by atoms with Gasteiger partial charge in [-0.05, 0) is 55.2 Å². The number of imidazole rings is 1. The third-order valence-electron chi connectivity index (χ3n) is 3.91. The molecule has 0 aliphatic carbocycles. The maximum Gasteiger partial charge on any atom is 0.0958 e. The van der Waals surface area contributed by atoms with Crippen LogP contribution in [0.25, 0.3) is 11.0 Å². The minimum atomic E-state index is 0.865. The lowest BCUT2D eigenvalue weighted by molar-refractivity contribution is 0.716. The van der Waals surface area contributed by atoms with Crippen molar-refractivity contribution >= 4 is 16.7 Å². The van der Waals surface area contributed by atoms with Gasteiger partial charge in [-0.3, -0.25) is 0 Å². The van der Waals surface area contributed by atoms with Crippen LogP contribution in [0.3, 0.4) is 0 Å². The van der Waals surface area contributed by atoms with E-state index in [4.69, 9.17) is 5.73 Å². The van der Waals surface area contributed by atoms with Crippen molar-refractivity contribution in [2.24, 2.45) is 0 Å². The number of rotatable bonds is 3. The number of hydrogen-bond acceptors (Lipinski definition) is 2. The summed E-state index contributed by atoms with van der Waals surface area (Å²) >= 11 is 0. The van der Waals surface area contributed by atoms with Crippen molar-refractivity contribution in [1.82, 2.24) is 9.55 Å². The molecule has 102 valence electrons. The highest BCUT2D eigenvalue weighted by atomic mass is 15.0. The highest BCUT2D eigenvalue weighted by Crippen LogP contribution is 2.19. The van der Waals surface area contributed by atoms with E-state index in [0.29, 0.717) is 0 Å². The smallest absolute Gasteiger partial charge is 0.0958 e. The predicted molar refractivity (Wildman–Crippen MR) is 83.8 cm³/mol. The number of nitrogens with zero attached hydrogens (tertiary/aromatic N) is 2. The number of para-hydroxylation sites is 1. The van der Waals surface area contributed by atoms with E-state index in [0.717, 1.165) is 24.2 Å². The van der Waals surface area contributed by atoms with Crippen LogP contribution in [-0.4, -0.2) is 9.55 Å². The molecule has 2 aromatic carbocycles. The minimum Gasteiger partial charge on any atom is -0.399 e. The zero-order valence-corrected chi connectivity index (χ0v) is 11.9. The zero-order valence-electron chi connectivity index (χ0n) is 11.9. The van der Waals surface area contributed by atoms with Crippen molar-refractivity contribution in [3.8, 4) is 0 Å². The largest absolute Gasteiger partial charge is 0.399 e. The fourth-order valence-corrected chi connectivity index (χ4v) is 2.49. The van der Waals surface area contributed by atoms with Crippen LogP contribution in [0.15, 0.2) is 42.7 Å². The number of fused-ring (bicyclic) bond motifs is 1. The highest BCUT2D eigenvalue weighted by Gasteiger charge is 2.06. The first-order chi connectivity index (χ1) is 9.65. The molecule has 0 saturated heterocycles. The van der Waals surface area contributed by atoms with Crippen LogP contribution in [0.1, 0.15) is 16.7 Å². The van der Waals surface area contributed by atoms with E-state index < -0.39 is 0 Å². The normalized spacial score (nSPS) is 11.1. The maximum atomic E-state index is 5.99. The summed E-state index contributed by atoms with van der Waals surface area (Å²) in [4.78, 5) is 4.49. The van der Waals surface area contributed by atoms with Crippen LogP contribution in [0.5, 0.6) is 0 Å². The van der Waals surface area contributed by atoms with Crippen LogP contribution in [0.2, 0.25) is 0 Å². The average molecular weight is 265 g/mol. The van der Waals surface area contributed by atoms with E-state index in [1.807, 2.05) is 24.5 Å². The van der Waals surface area contributed by atoms with Crippen molar-refractivity contribution in [2.75, 3.05) is 5.73 Å². The standard InChI is InChI=1S/C17H19N3/c1-12-9-16-17(10-13(12)2)20(11-19-16)8-7-14-5-3-4-6-15(14)18/h3-6,9-11H,7-8,18H2,1-2H3. The molecule has 0 radical (unpaired) electrons. The Hall–Kier alpha value is -2.29. The van der Waals surface area contributed by atoms with E-state index >= 15 is 0 Å². The first-order valence-corrected chi connectivity index (χ1v) is 6.90.